The fourth-order valence-electron chi connectivity index (χ4n) is 5.39. The van der Waals surface area contributed by atoms with Crippen LogP contribution >= 0.6 is 7.60 Å². The Morgan fingerprint density at radius 1 is 0.900 bits per heavy atom. The van der Waals surface area contributed by atoms with Gasteiger partial charge in [-0.1, -0.05) is 54.6 Å². The number of anilines is 1. The molecule has 0 unspecified atom stereocenters. The normalized spacial score (nSPS) is 18.2. The van der Waals surface area contributed by atoms with E-state index in [0.717, 1.165) is 0 Å². The van der Waals surface area contributed by atoms with Crippen LogP contribution in [0.4, 0.5) is 10.1 Å². The first kappa shape index (κ1) is 27.7. The molecule has 1 saturated heterocycles. The van der Waals surface area contributed by atoms with E-state index in [1.165, 1.54) is 24.3 Å². The molecule has 0 aromatic heterocycles. The molecule has 7 nitrogen and oxygen atoms in total. The molecule has 4 N–H and O–H groups in total. The number of phenolic OH excluding ortho intramolecular Hbond substituents is 1. The second kappa shape index (κ2) is 11.4. The standard InChI is InChI=1S/C31H29FNO6P/c32-24-12-6-21(7-13-24)28(34)17-11-23-19-30(36)33(25-4-2-1-3-5-25)31(23)27-16-10-22(18-29(27)35)20-8-14-26(15-9-20)40(37,38)39/h1-10,12-16,18,23,28,31,34-35H,11,17,19H2,(H2,37,38,39)/t23-,28+,31+/m1/s1. The summed E-state index contributed by atoms with van der Waals surface area (Å²) in [7, 11) is -4.37. The highest BCUT2D eigenvalue weighted by molar-refractivity contribution is 7.60. The number of para-hydroxylation sites is 1. The lowest BCUT2D eigenvalue weighted by Crippen LogP contribution is -2.29. The van der Waals surface area contributed by atoms with Gasteiger partial charge < -0.3 is 24.9 Å². The number of aliphatic hydroxyl groups is 1. The molecule has 1 heterocycles. The molecule has 4 aromatic rings. The van der Waals surface area contributed by atoms with E-state index in [1.807, 2.05) is 30.3 Å². The zero-order valence-corrected chi connectivity index (χ0v) is 22.4. The molecule has 9 heteroatoms. The number of halogens is 1. The molecule has 3 atom stereocenters. The first-order valence-corrected chi connectivity index (χ1v) is 14.5. The monoisotopic (exact) mass is 561 g/mol. The van der Waals surface area contributed by atoms with Gasteiger partial charge in [0.1, 0.15) is 11.6 Å². The minimum atomic E-state index is -4.37. The number of phenols is 1. The number of carbonyl (C=O) groups excluding carboxylic acids is 1. The van der Waals surface area contributed by atoms with Crippen molar-refractivity contribution in [2.24, 2.45) is 5.92 Å². The van der Waals surface area contributed by atoms with Crippen LogP contribution in [0, 0.1) is 11.7 Å². The average molecular weight is 562 g/mol. The first-order valence-electron chi connectivity index (χ1n) is 12.9. The van der Waals surface area contributed by atoms with Crippen molar-refractivity contribution in [3.63, 3.8) is 0 Å². The van der Waals surface area contributed by atoms with Crippen molar-refractivity contribution in [3.8, 4) is 16.9 Å². The van der Waals surface area contributed by atoms with Gasteiger partial charge in [-0.2, -0.15) is 0 Å². The van der Waals surface area contributed by atoms with E-state index in [4.69, 9.17) is 0 Å². The molecule has 1 aliphatic heterocycles. The topological polar surface area (TPSA) is 118 Å². The van der Waals surface area contributed by atoms with Crippen molar-refractivity contribution in [1.29, 1.82) is 0 Å². The number of carbonyl (C=O) groups is 1. The van der Waals surface area contributed by atoms with E-state index < -0.39 is 19.7 Å². The summed E-state index contributed by atoms with van der Waals surface area (Å²) in [4.78, 5) is 33.8. The van der Waals surface area contributed by atoms with Crippen molar-refractivity contribution < 1.29 is 33.7 Å². The van der Waals surface area contributed by atoms with Crippen LogP contribution in [0.15, 0.2) is 97.1 Å². The molecular weight excluding hydrogens is 532 g/mol. The molecule has 1 aliphatic rings. The maximum absolute atomic E-state index is 13.3. The molecule has 0 saturated carbocycles. The summed E-state index contributed by atoms with van der Waals surface area (Å²) >= 11 is 0. The summed E-state index contributed by atoms with van der Waals surface area (Å²) in [6.45, 7) is 0. The van der Waals surface area contributed by atoms with Crippen molar-refractivity contribution >= 4 is 24.5 Å². The van der Waals surface area contributed by atoms with Crippen molar-refractivity contribution in [2.75, 3.05) is 4.90 Å². The molecule has 206 valence electrons. The van der Waals surface area contributed by atoms with Crippen LogP contribution < -0.4 is 10.2 Å². The maximum atomic E-state index is 13.3. The van der Waals surface area contributed by atoms with E-state index in [2.05, 4.69) is 0 Å². The summed E-state index contributed by atoms with van der Waals surface area (Å²) in [5, 5.41) is 21.9. The van der Waals surface area contributed by atoms with Gasteiger partial charge in [-0.25, -0.2) is 4.39 Å². The molecule has 1 amide bonds. The van der Waals surface area contributed by atoms with Crippen LogP contribution in [0.1, 0.15) is 42.5 Å². The zero-order valence-electron chi connectivity index (χ0n) is 21.5. The highest BCUT2D eigenvalue weighted by Gasteiger charge is 2.42. The number of aromatic hydroxyl groups is 1. The molecule has 0 aliphatic carbocycles. The Morgan fingerprint density at radius 2 is 1.55 bits per heavy atom. The van der Waals surface area contributed by atoms with Crippen LogP contribution in [-0.4, -0.2) is 25.9 Å². The first-order chi connectivity index (χ1) is 19.1. The summed E-state index contributed by atoms with van der Waals surface area (Å²) in [6.07, 6.45) is 0.256. The number of rotatable bonds is 8. The largest absolute Gasteiger partial charge is 0.508 e. The third-order valence-electron chi connectivity index (χ3n) is 7.42. The van der Waals surface area contributed by atoms with Crippen LogP contribution in [0.3, 0.4) is 0 Å². The maximum Gasteiger partial charge on any atom is 0.356 e. The minimum Gasteiger partial charge on any atom is -0.508 e. The summed E-state index contributed by atoms with van der Waals surface area (Å²) in [6, 6.07) is 25.5. The van der Waals surface area contributed by atoms with Crippen molar-refractivity contribution in [3.05, 3.63) is 114 Å². The van der Waals surface area contributed by atoms with Gasteiger partial charge in [0.2, 0.25) is 5.91 Å². The zero-order chi connectivity index (χ0) is 28.4. The molecule has 1 fully saturated rings. The van der Waals surface area contributed by atoms with Gasteiger partial charge in [0.05, 0.1) is 17.5 Å². The predicted octanol–water partition coefficient (Wildman–Crippen LogP) is 5.61. The van der Waals surface area contributed by atoms with Crippen molar-refractivity contribution in [2.45, 2.75) is 31.4 Å². The van der Waals surface area contributed by atoms with E-state index in [-0.39, 0.29) is 35.1 Å². The van der Waals surface area contributed by atoms with Gasteiger partial charge in [-0.3, -0.25) is 9.36 Å². The highest BCUT2D eigenvalue weighted by atomic mass is 31.2. The molecule has 4 aromatic carbocycles. The van der Waals surface area contributed by atoms with E-state index in [0.29, 0.717) is 40.8 Å². The van der Waals surface area contributed by atoms with Gasteiger partial charge in [-0.15, -0.1) is 0 Å². The lowest BCUT2D eigenvalue weighted by Gasteiger charge is -2.30. The Morgan fingerprint density at radius 3 is 2.17 bits per heavy atom. The van der Waals surface area contributed by atoms with Crippen LogP contribution in [0.25, 0.3) is 11.1 Å². The summed E-state index contributed by atoms with van der Waals surface area (Å²) < 4.78 is 24.8. The fraction of sp³-hybridized carbons (Fsp3) is 0.194. The molecule has 0 radical (unpaired) electrons. The van der Waals surface area contributed by atoms with E-state index >= 15 is 0 Å². The Hall–Kier alpha value is -3.81. The van der Waals surface area contributed by atoms with E-state index in [9.17, 15) is 33.7 Å². The third kappa shape index (κ3) is 5.86. The number of nitrogens with zero attached hydrogens (tertiary/aromatic N) is 1. The summed E-state index contributed by atoms with van der Waals surface area (Å²) in [5.41, 5.74) is 3.18. The second-order valence-corrected chi connectivity index (χ2v) is 11.6. The van der Waals surface area contributed by atoms with Crippen molar-refractivity contribution in [1.82, 2.24) is 0 Å². The Labute approximate surface area is 231 Å². The number of benzene rings is 4. The lowest BCUT2D eigenvalue weighted by atomic mass is 9.86. The SMILES string of the molecule is O=C1C[C@@H](CC[C@H](O)c2ccc(F)cc2)[C@@H](c2ccc(-c3ccc(P(=O)(O)O)cc3)cc2O)N1c1ccccc1. The number of hydrogen-bond acceptors (Lipinski definition) is 4. The van der Waals surface area contributed by atoms with Gasteiger partial charge >= 0.3 is 7.60 Å². The highest BCUT2D eigenvalue weighted by Crippen LogP contribution is 2.47. The Kier molecular flexibility index (Phi) is 7.88. The smallest absolute Gasteiger partial charge is 0.356 e. The Balaban J connectivity index is 1.45. The number of amides is 1. The number of hydrogen-bond donors (Lipinski definition) is 4. The third-order valence-corrected chi connectivity index (χ3v) is 8.39. The Bertz CT molecular complexity index is 1540. The van der Waals surface area contributed by atoms with Gasteiger partial charge in [0, 0.05) is 17.7 Å². The van der Waals surface area contributed by atoms with Crippen LogP contribution in [0.5, 0.6) is 5.75 Å². The molecule has 0 spiro atoms. The second-order valence-electron chi connectivity index (χ2n) is 10.0. The molecule has 5 rings (SSSR count). The fourth-order valence-corrected chi connectivity index (χ4v) is 5.93. The average Bonchev–Trinajstić information content (AvgIpc) is 3.27. The minimum absolute atomic E-state index is 0.0127. The lowest BCUT2D eigenvalue weighted by molar-refractivity contribution is -0.117. The number of aliphatic hydroxyl groups excluding tert-OH is 1. The van der Waals surface area contributed by atoms with E-state index in [1.54, 1.807) is 47.4 Å². The summed E-state index contributed by atoms with van der Waals surface area (Å²) in [5.74, 6) is -0.690. The van der Waals surface area contributed by atoms with Crippen LogP contribution in [-0.2, 0) is 9.36 Å². The molecular formula is C31H29FNO6P. The quantitative estimate of drug-likeness (QED) is 0.208. The predicted molar refractivity (Wildman–Crippen MR) is 151 cm³/mol. The van der Waals surface area contributed by atoms with Crippen LogP contribution in [0.2, 0.25) is 0 Å². The molecule has 40 heavy (non-hydrogen) atoms. The van der Waals surface area contributed by atoms with Gasteiger partial charge in [0.25, 0.3) is 0 Å². The van der Waals surface area contributed by atoms with Gasteiger partial charge in [0.15, 0.2) is 0 Å². The molecule has 0 bridgehead atoms. The van der Waals surface area contributed by atoms with Gasteiger partial charge in [-0.05, 0) is 77.9 Å².